The first-order valence-corrected chi connectivity index (χ1v) is 8.08. The van der Waals surface area contributed by atoms with Crippen molar-refractivity contribution in [2.24, 2.45) is 4.99 Å². The second-order valence-electron chi connectivity index (χ2n) is 5.67. The number of anilines is 1. The molecule has 2 aliphatic rings. The maximum absolute atomic E-state index is 12.2. The van der Waals surface area contributed by atoms with Gasteiger partial charge < -0.3 is 19.9 Å². The number of nitrogens with zero attached hydrogens (tertiary/aromatic N) is 3. The zero-order valence-corrected chi connectivity index (χ0v) is 14.9. The van der Waals surface area contributed by atoms with Crippen molar-refractivity contribution in [2.75, 3.05) is 12.1 Å². The number of nitrogens with one attached hydrogen (secondary N) is 1. The highest BCUT2D eigenvalue weighted by molar-refractivity contribution is 6.03. The number of alkyl halides is 3. The zero-order valence-electron chi connectivity index (χ0n) is 14.9. The summed E-state index contributed by atoms with van der Waals surface area (Å²) in [5, 5.41) is 23.2. The van der Waals surface area contributed by atoms with Gasteiger partial charge in [-0.15, -0.1) is 13.2 Å². The predicted molar refractivity (Wildman–Crippen MR) is 99.6 cm³/mol. The lowest BCUT2D eigenvalue weighted by Crippen LogP contribution is -2.30. The van der Waals surface area contributed by atoms with E-state index in [9.17, 15) is 23.6 Å². The second kappa shape index (κ2) is 8.00. The fourth-order valence-electron chi connectivity index (χ4n) is 2.44. The van der Waals surface area contributed by atoms with Gasteiger partial charge in [0, 0.05) is 11.6 Å². The number of halogens is 3. The molecule has 0 bridgehead atoms. The third-order valence-corrected chi connectivity index (χ3v) is 3.74. The Balaban J connectivity index is 1.68. The summed E-state index contributed by atoms with van der Waals surface area (Å²) in [6.45, 7) is 0. The summed E-state index contributed by atoms with van der Waals surface area (Å²) >= 11 is 0. The van der Waals surface area contributed by atoms with Crippen molar-refractivity contribution in [1.82, 2.24) is 5.43 Å². The molecule has 0 aromatic heterocycles. The van der Waals surface area contributed by atoms with Gasteiger partial charge in [-0.25, -0.2) is 10.0 Å². The van der Waals surface area contributed by atoms with Crippen LogP contribution in [0.3, 0.4) is 0 Å². The SMILES string of the molecule is COC1=CC(=[N+]([O-])[O-])C=CC1=CC=C1N=CN(c2ccc(OC(F)(F)F)cc2)N1. The number of aliphatic imine (C=N–C) groups is 1. The van der Waals surface area contributed by atoms with E-state index in [0.29, 0.717) is 22.8 Å². The second-order valence-corrected chi connectivity index (χ2v) is 5.67. The van der Waals surface area contributed by atoms with E-state index in [1.165, 1.54) is 54.9 Å². The van der Waals surface area contributed by atoms with E-state index >= 15 is 0 Å². The van der Waals surface area contributed by atoms with Crippen LogP contribution in [0.1, 0.15) is 0 Å². The van der Waals surface area contributed by atoms with Crippen LogP contribution in [-0.4, -0.2) is 30.4 Å². The van der Waals surface area contributed by atoms with Crippen molar-refractivity contribution in [1.29, 1.82) is 0 Å². The quantitative estimate of drug-likeness (QED) is 0.608. The summed E-state index contributed by atoms with van der Waals surface area (Å²) in [7, 11) is 1.41. The molecule has 1 aromatic carbocycles. The van der Waals surface area contributed by atoms with Crippen LogP contribution in [0, 0.1) is 10.4 Å². The van der Waals surface area contributed by atoms with Crippen LogP contribution in [0.15, 0.2) is 76.8 Å². The van der Waals surface area contributed by atoms with Gasteiger partial charge in [-0.05, 0) is 42.5 Å². The first kappa shape index (κ1) is 19.9. The van der Waals surface area contributed by atoms with E-state index in [1.807, 2.05) is 0 Å². The van der Waals surface area contributed by atoms with Crippen LogP contribution in [-0.2, 0) is 4.74 Å². The third kappa shape index (κ3) is 5.09. The molecule has 0 saturated heterocycles. The van der Waals surface area contributed by atoms with Crippen LogP contribution in [0.2, 0.25) is 0 Å². The fraction of sp³-hybridized carbons (Fsp3) is 0.111. The van der Waals surface area contributed by atoms with E-state index in [4.69, 9.17) is 4.74 Å². The van der Waals surface area contributed by atoms with Crippen LogP contribution in [0.25, 0.3) is 0 Å². The fourth-order valence-corrected chi connectivity index (χ4v) is 2.44. The van der Waals surface area contributed by atoms with Crippen molar-refractivity contribution in [3.63, 3.8) is 0 Å². The standard InChI is InChI=1S/C18H14F3N4O4/c1-28-16-10-14(25(26)27)4-2-12(16)3-9-17-22-11-24(23-17)13-5-7-15(8-6-13)29-18(19,20)21/h2-11,23H,1H3/q-1. The van der Waals surface area contributed by atoms with Crippen molar-refractivity contribution in [2.45, 2.75) is 6.36 Å². The maximum Gasteiger partial charge on any atom is 0.573 e. The Morgan fingerprint density at radius 3 is 2.48 bits per heavy atom. The molecule has 0 unspecified atom stereocenters. The van der Waals surface area contributed by atoms with Gasteiger partial charge >= 0.3 is 6.36 Å². The highest BCUT2D eigenvalue weighted by Gasteiger charge is 2.31. The van der Waals surface area contributed by atoms with Gasteiger partial charge in [0.25, 0.3) is 0 Å². The first-order chi connectivity index (χ1) is 13.7. The highest BCUT2D eigenvalue weighted by atomic mass is 19.4. The molecule has 1 N–H and O–H groups in total. The number of hydrogen-bond acceptors (Lipinski definition) is 7. The molecular weight excluding hydrogens is 393 g/mol. The highest BCUT2D eigenvalue weighted by Crippen LogP contribution is 2.25. The Morgan fingerprint density at radius 1 is 1.14 bits per heavy atom. The molecule has 0 radical (unpaired) electrons. The molecule has 152 valence electrons. The normalized spacial score (nSPS) is 18.8. The molecule has 0 atom stereocenters. The Bertz CT molecular complexity index is 956. The van der Waals surface area contributed by atoms with Crippen LogP contribution >= 0.6 is 0 Å². The lowest BCUT2D eigenvalue weighted by atomic mass is 10.1. The molecule has 1 heterocycles. The van der Waals surface area contributed by atoms with Gasteiger partial charge in [0.05, 0.1) is 18.9 Å². The van der Waals surface area contributed by atoms with Gasteiger partial charge in [0.1, 0.15) is 23.7 Å². The average Bonchev–Trinajstić information content (AvgIpc) is 3.14. The maximum atomic E-state index is 12.2. The number of hydrazine groups is 1. The molecule has 29 heavy (non-hydrogen) atoms. The van der Waals surface area contributed by atoms with Gasteiger partial charge in [-0.2, -0.15) is 4.90 Å². The Hall–Kier alpha value is -3.89. The molecule has 11 heteroatoms. The summed E-state index contributed by atoms with van der Waals surface area (Å²) in [5.74, 6) is 0.447. The van der Waals surface area contributed by atoms with Crippen molar-refractivity contribution in [3.8, 4) is 5.75 Å². The van der Waals surface area contributed by atoms with Crippen LogP contribution in [0.5, 0.6) is 5.75 Å². The minimum absolute atomic E-state index is 0.0900. The van der Waals surface area contributed by atoms with Gasteiger partial charge in [-0.3, -0.25) is 5.43 Å². The summed E-state index contributed by atoms with van der Waals surface area (Å²) in [6.07, 6.45) is 4.20. The Morgan fingerprint density at radius 2 is 1.86 bits per heavy atom. The van der Waals surface area contributed by atoms with Crippen LogP contribution < -0.4 is 15.2 Å². The monoisotopic (exact) mass is 407 g/mol. The molecule has 1 aromatic rings. The number of rotatable bonds is 4. The zero-order chi connectivity index (χ0) is 21.0. The predicted octanol–water partition coefficient (Wildman–Crippen LogP) is 3.26. The number of benzene rings is 1. The summed E-state index contributed by atoms with van der Waals surface area (Å²) < 4.78 is 45.6. The summed E-state index contributed by atoms with van der Waals surface area (Å²) in [4.78, 5) is 3.63. The molecule has 0 amide bonds. The molecule has 1 aliphatic carbocycles. The largest absolute Gasteiger partial charge is 0.612 e. The topological polar surface area (TPSA) is 95.2 Å². The van der Waals surface area contributed by atoms with Crippen molar-refractivity contribution in [3.05, 3.63) is 82.2 Å². The minimum atomic E-state index is -4.75. The van der Waals surface area contributed by atoms with Crippen molar-refractivity contribution >= 4 is 17.7 Å². The minimum Gasteiger partial charge on any atom is -0.612 e. The molecule has 0 saturated carbocycles. The molecule has 0 fully saturated rings. The molecule has 1 aliphatic heterocycles. The average molecular weight is 407 g/mol. The van der Waals surface area contributed by atoms with Gasteiger partial charge in [-0.1, -0.05) is 0 Å². The number of methoxy groups -OCH3 is 1. The van der Waals surface area contributed by atoms with E-state index in [1.54, 1.807) is 18.2 Å². The number of allylic oxidation sites excluding steroid dienone is 5. The van der Waals surface area contributed by atoms with E-state index in [-0.39, 0.29) is 11.5 Å². The lowest BCUT2D eigenvalue weighted by molar-refractivity contribution is -0.377. The third-order valence-electron chi connectivity index (χ3n) is 3.74. The Kier molecular flexibility index (Phi) is 5.48. The molecule has 8 nitrogen and oxygen atoms in total. The number of ether oxygens (including phenoxy) is 2. The first-order valence-electron chi connectivity index (χ1n) is 8.08. The molecular formula is C18H14F3N4O4-. The van der Waals surface area contributed by atoms with Gasteiger partial charge in [0.15, 0.2) is 0 Å². The van der Waals surface area contributed by atoms with Crippen molar-refractivity contribution < 1.29 is 27.5 Å². The van der Waals surface area contributed by atoms with E-state index in [2.05, 4.69) is 15.2 Å². The summed E-state index contributed by atoms with van der Waals surface area (Å²) in [5.41, 5.74) is 4.00. The van der Waals surface area contributed by atoms with E-state index < -0.39 is 11.3 Å². The molecule has 0 spiro atoms. The molecule has 3 rings (SSSR count). The smallest absolute Gasteiger partial charge is 0.573 e. The van der Waals surface area contributed by atoms with E-state index in [0.717, 1.165) is 0 Å². The number of hydrogen-bond donors (Lipinski definition) is 1. The Labute approximate surface area is 163 Å². The summed E-state index contributed by atoms with van der Waals surface area (Å²) in [6, 6.07) is 5.25. The van der Waals surface area contributed by atoms with Crippen LogP contribution in [0.4, 0.5) is 18.9 Å². The lowest BCUT2D eigenvalue weighted by Gasteiger charge is -2.16. The van der Waals surface area contributed by atoms with Gasteiger partial charge in [0.2, 0.25) is 5.71 Å².